The maximum atomic E-state index is 13.1. The van der Waals surface area contributed by atoms with Gasteiger partial charge in [0.05, 0.1) is 17.6 Å². The first-order valence-corrected chi connectivity index (χ1v) is 9.13. The smallest absolute Gasteiger partial charge is 0.276 e. The Hall–Kier alpha value is -3.36. The molecule has 1 aliphatic heterocycles. The molecule has 1 aliphatic rings. The van der Waals surface area contributed by atoms with Crippen molar-refractivity contribution in [2.75, 3.05) is 31.1 Å². The number of carbonyl (C=O) groups is 1. The van der Waals surface area contributed by atoms with Crippen LogP contribution in [0.5, 0.6) is 0 Å². The highest BCUT2D eigenvalue weighted by Gasteiger charge is 2.23. The molecule has 144 valence electrons. The Morgan fingerprint density at radius 2 is 1.79 bits per heavy atom. The van der Waals surface area contributed by atoms with Gasteiger partial charge in [-0.3, -0.25) is 4.79 Å². The van der Waals surface area contributed by atoms with Gasteiger partial charge in [0.1, 0.15) is 5.82 Å². The molecule has 3 aromatic rings. The molecule has 8 nitrogen and oxygen atoms in total. The molecular weight excluding hydrogens is 361 g/mol. The summed E-state index contributed by atoms with van der Waals surface area (Å²) in [6.07, 6.45) is 2.40. The van der Waals surface area contributed by atoms with Crippen molar-refractivity contribution >= 4 is 11.7 Å². The molecule has 0 N–H and O–H groups in total. The first-order chi connectivity index (χ1) is 13.6. The van der Waals surface area contributed by atoms with Crippen molar-refractivity contribution in [3.63, 3.8) is 0 Å². The van der Waals surface area contributed by atoms with Crippen LogP contribution in [0.25, 0.3) is 5.69 Å². The zero-order chi connectivity index (χ0) is 19.5. The summed E-state index contributed by atoms with van der Waals surface area (Å²) < 4.78 is 14.5. The quantitative estimate of drug-likeness (QED) is 0.689. The molecule has 0 atom stereocenters. The number of hydrogen-bond acceptors (Lipinski definition) is 6. The fourth-order valence-electron chi connectivity index (χ4n) is 3.15. The molecule has 0 spiro atoms. The van der Waals surface area contributed by atoms with E-state index in [9.17, 15) is 9.18 Å². The van der Waals surface area contributed by atoms with Gasteiger partial charge >= 0.3 is 0 Å². The number of nitrogens with zero attached hydrogens (tertiary/aromatic N) is 7. The zero-order valence-corrected chi connectivity index (χ0v) is 15.5. The summed E-state index contributed by atoms with van der Waals surface area (Å²) >= 11 is 0. The molecule has 28 heavy (non-hydrogen) atoms. The molecule has 0 saturated carbocycles. The zero-order valence-electron chi connectivity index (χ0n) is 15.5. The highest BCUT2D eigenvalue weighted by atomic mass is 19.1. The molecule has 3 heterocycles. The van der Waals surface area contributed by atoms with E-state index >= 15 is 0 Å². The summed E-state index contributed by atoms with van der Waals surface area (Å²) in [5.74, 6) is 0.333. The van der Waals surface area contributed by atoms with Gasteiger partial charge in [-0.2, -0.15) is 5.10 Å². The average molecular weight is 381 g/mol. The Labute approximate surface area is 161 Å². The van der Waals surface area contributed by atoms with Crippen LogP contribution in [0.4, 0.5) is 10.2 Å². The Balaban J connectivity index is 1.44. The number of benzene rings is 1. The number of aromatic nitrogens is 5. The highest BCUT2D eigenvalue weighted by Crippen LogP contribution is 2.15. The second-order valence-corrected chi connectivity index (χ2v) is 6.69. The van der Waals surface area contributed by atoms with Crippen molar-refractivity contribution in [3.8, 4) is 5.69 Å². The van der Waals surface area contributed by atoms with Crippen molar-refractivity contribution in [1.29, 1.82) is 0 Å². The molecule has 0 aliphatic carbocycles. The summed E-state index contributed by atoms with van der Waals surface area (Å²) in [5, 5.41) is 16.3. The molecule has 1 fully saturated rings. The maximum Gasteiger partial charge on any atom is 0.276 e. The molecule has 0 radical (unpaired) electrons. The molecular formula is C19H20FN7O. The van der Waals surface area contributed by atoms with Crippen LogP contribution in [0.2, 0.25) is 0 Å². The third-order valence-electron chi connectivity index (χ3n) is 4.69. The molecule has 1 amide bonds. The second-order valence-electron chi connectivity index (χ2n) is 6.69. The molecule has 2 aromatic heterocycles. The Kier molecular flexibility index (Phi) is 4.96. The van der Waals surface area contributed by atoms with E-state index in [4.69, 9.17) is 0 Å². The summed E-state index contributed by atoms with van der Waals surface area (Å²) in [7, 11) is 0. The minimum atomic E-state index is -0.326. The van der Waals surface area contributed by atoms with Crippen molar-refractivity contribution in [2.24, 2.45) is 0 Å². The Morgan fingerprint density at radius 1 is 0.964 bits per heavy atom. The third kappa shape index (κ3) is 3.83. The minimum Gasteiger partial charge on any atom is -0.353 e. The van der Waals surface area contributed by atoms with Gasteiger partial charge in [-0.1, -0.05) is 5.21 Å². The monoisotopic (exact) mass is 381 g/mol. The van der Waals surface area contributed by atoms with Crippen LogP contribution in [0.1, 0.15) is 22.6 Å². The lowest BCUT2D eigenvalue weighted by atomic mass is 10.3. The predicted molar refractivity (Wildman–Crippen MR) is 101 cm³/mol. The molecule has 1 aromatic carbocycles. The molecule has 0 unspecified atom stereocenters. The third-order valence-corrected chi connectivity index (χ3v) is 4.69. The normalized spacial score (nSPS) is 14.8. The molecule has 9 heteroatoms. The highest BCUT2D eigenvalue weighted by molar-refractivity contribution is 5.92. The fourth-order valence-corrected chi connectivity index (χ4v) is 3.15. The Bertz CT molecular complexity index is 955. The lowest BCUT2D eigenvalue weighted by Crippen LogP contribution is -2.35. The second kappa shape index (κ2) is 7.71. The Morgan fingerprint density at radius 3 is 2.54 bits per heavy atom. The van der Waals surface area contributed by atoms with E-state index in [0.29, 0.717) is 25.3 Å². The van der Waals surface area contributed by atoms with Gasteiger partial charge in [-0.05, 0) is 49.7 Å². The maximum absolute atomic E-state index is 13.1. The molecule has 0 bridgehead atoms. The molecule has 1 saturated heterocycles. The minimum absolute atomic E-state index is 0.162. The number of halogens is 1. The topological polar surface area (TPSA) is 80.0 Å². The standard InChI is InChI=1S/C19H20FN7O/c1-14-3-8-18(23-21-14)25-9-2-10-26(12-11-25)19(28)17-13-27(24-22-17)16-6-4-15(20)5-7-16/h3-8,13H,2,9-12H2,1H3. The summed E-state index contributed by atoms with van der Waals surface area (Å²) in [6.45, 7) is 4.59. The van der Waals surface area contributed by atoms with Gasteiger partial charge in [0, 0.05) is 26.2 Å². The van der Waals surface area contributed by atoms with Gasteiger partial charge < -0.3 is 9.80 Å². The summed E-state index contributed by atoms with van der Waals surface area (Å²) in [4.78, 5) is 16.8. The largest absolute Gasteiger partial charge is 0.353 e. The number of anilines is 1. The lowest BCUT2D eigenvalue weighted by molar-refractivity contribution is 0.0761. The van der Waals surface area contributed by atoms with Crippen LogP contribution in [-0.2, 0) is 0 Å². The number of carbonyl (C=O) groups excluding carboxylic acids is 1. The predicted octanol–water partition coefficient (Wildman–Crippen LogP) is 1.86. The summed E-state index contributed by atoms with van der Waals surface area (Å²) in [6, 6.07) is 9.75. The van der Waals surface area contributed by atoms with E-state index in [1.165, 1.54) is 16.8 Å². The van der Waals surface area contributed by atoms with E-state index in [-0.39, 0.29) is 17.4 Å². The number of rotatable bonds is 3. The van der Waals surface area contributed by atoms with Crippen molar-refractivity contribution in [2.45, 2.75) is 13.3 Å². The van der Waals surface area contributed by atoms with E-state index in [1.807, 2.05) is 19.1 Å². The van der Waals surface area contributed by atoms with Gasteiger partial charge in [0.2, 0.25) is 0 Å². The first-order valence-electron chi connectivity index (χ1n) is 9.13. The van der Waals surface area contributed by atoms with Crippen LogP contribution in [0.15, 0.2) is 42.6 Å². The van der Waals surface area contributed by atoms with Crippen molar-refractivity contribution < 1.29 is 9.18 Å². The molecule has 4 rings (SSSR count). The van der Waals surface area contributed by atoms with Gasteiger partial charge in [0.25, 0.3) is 5.91 Å². The van der Waals surface area contributed by atoms with E-state index in [0.717, 1.165) is 24.5 Å². The van der Waals surface area contributed by atoms with Crippen molar-refractivity contribution in [3.05, 3.63) is 59.8 Å². The van der Waals surface area contributed by atoms with Gasteiger partial charge in [-0.15, -0.1) is 10.2 Å². The lowest BCUT2D eigenvalue weighted by Gasteiger charge is -2.22. The van der Waals surface area contributed by atoms with Crippen LogP contribution in [0.3, 0.4) is 0 Å². The van der Waals surface area contributed by atoms with E-state index in [1.54, 1.807) is 23.2 Å². The van der Waals surface area contributed by atoms with E-state index in [2.05, 4.69) is 25.4 Å². The number of aryl methyl sites for hydroxylation is 1. The first kappa shape index (κ1) is 18.0. The SMILES string of the molecule is Cc1ccc(N2CCCN(C(=O)c3cn(-c4ccc(F)cc4)nn3)CC2)nn1. The van der Waals surface area contributed by atoms with E-state index < -0.39 is 0 Å². The van der Waals surface area contributed by atoms with Gasteiger partial charge in [0.15, 0.2) is 11.5 Å². The van der Waals surface area contributed by atoms with Crippen LogP contribution in [-0.4, -0.2) is 62.2 Å². The number of hydrogen-bond donors (Lipinski definition) is 0. The van der Waals surface area contributed by atoms with Crippen molar-refractivity contribution in [1.82, 2.24) is 30.1 Å². The van der Waals surface area contributed by atoms with Crippen LogP contribution >= 0.6 is 0 Å². The summed E-state index contributed by atoms with van der Waals surface area (Å²) in [5.41, 5.74) is 1.79. The average Bonchev–Trinajstić information content (AvgIpc) is 3.07. The van der Waals surface area contributed by atoms with Crippen LogP contribution < -0.4 is 4.90 Å². The van der Waals surface area contributed by atoms with Crippen LogP contribution in [0, 0.1) is 12.7 Å². The number of amides is 1. The van der Waals surface area contributed by atoms with Gasteiger partial charge in [-0.25, -0.2) is 9.07 Å². The fraction of sp³-hybridized carbons (Fsp3) is 0.316.